The van der Waals surface area contributed by atoms with Gasteiger partial charge in [-0.2, -0.15) is 0 Å². The van der Waals surface area contributed by atoms with Gasteiger partial charge in [0.25, 0.3) is 0 Å². The second-order valence-corrected chi connectivity index (χ2v) is 5.58. The molecule has 1 heterocycles. The Morgan fingerprint density at radius 2 is 2.25 bits per heavy atom. The van der Waals surface area contributed by atoms with E-state index < -0.39 is 5.97 Å². The molecular formula is C16H20O4. The van der Waals surface area contributed by atoms with Crippen molar-refractivity contribution >= 4 is 5.97 Å². The van der Waals surface area contributed by atoms with Crippen molar-refractivity contribution in [3.05, 3.63) is 35.4 Å². The summed E-state index contributed by atoms with van der Waals surface area (Å²) in [5.41, 5.74) is 1.70. The number of ether oxygens (including phenoxy) is 1. The molecule has 0 bridgehead atoms. The van der Waals surface area contributed by atoms with E-state index in [0.717, 1.165) is 36.1 Å². The Labute approximate surface area is 118 Å². The van der Waals surface area contributed by atoms with Crippen molar-refractivity contribution in [2.75, 3.05) is 0 Å². The van der Waals surface area contributed by atoms with Crippen molar-refractivity contribution < 1.29 is 19.7 Å². The van der Waals surface area contributed by atoms with Gasteiger partial charge in [-0.05, 0) is 62.8 Å². The summed E-state index contributed by atoms with van der Waals surface area (Å²) in [6, 6.07) is 3.46. The summed E-state index contributed by atoms with van der Waals surface area (Å²) in [5.74, 6) is 0.216. The summed E-state index contributed by atoms with van der Waals surface area (Å²) in [7, 11) is 0. The van der Waals surface area contributed by atoms with Gasteiger partial charge in [0.2, 0.25) is 0 Å². The molecule has 0 saturated heterocycles. The number of aliphatic carboxylic acids is 1. The van der Waals surface area contributed by atoms with Gasteiger partial charge in [-0.15, -0.1) is 0 Å². The highest BCUT2D eigenvalue weighted by Crippen LogP contribution is 2.39. The van der Waals surface area contributed by atoms with Crippen molar-refractivity contribution in [2.24, 2.45) is 0 Å². The number of carboxylic acids is 1. The van der Waals surface area contributed by atoms with Crippen molar-refractivity contribution in [1.82, 2.24) is 0 Å². The number of hydrogen-bond donors (Lipinski definition) is 2. The predicted octanol–water partition coefficient (Wildman–Crippen LogP) is 3.21. The van der Waals surface area contributed by atoms with Gasteiger partial charge in [0.1, 0.15) is 17.1 Å². The Hall–Kier alpha value is -1.97. The number of aromatic hydroxyl groups is 1. The topological polar surface area (TPSA) is 66.8 Å². The quantitative estimate of drug-likeness (QED) is 0.829. The molecule has 0 unspecified atom stereocenters. The smallest absolute Gasteiger partial charge is 0.327 e. The van der Waals surface area contributed by atoms with E-state index in [2.05, 4.69) is 6.92 Å². The van der Waals surface area contributed by atoms with Crippen LogP contribution >= 0.6 is 0 Å². The highest BCUT2D eigenvalue weighted by atomic mass is 16.5. The van der Waals surface area contributed by atoms with Crippen LogP contribution in [0.2, 0.25) is 0 Å². The van der Waals surface area contributed by atoms with Gasteiger partial charge in [0, 0.05) is 6.08 Å². The zero-order valence-electron chi connectivity index (χ0n) is 11.8. The standard InChI is InChI=1S/C16H20O4/c1-11-9-13(17)10-12-6-8-16(2,20-15(11)12)7-4-3-5-14(18)19/h3,5,9-10,17H,4,6-8H2,1-2H3,(H,18,19)/b5-3+/t16-/m1/s1. The van der Waals surface area contributed by atoms with E-state index in [1.54, 1.807) is 18.2 Å². The fraction of sp³-hybridized carbons (Fsp3) is 0.438. The summed E-state index contributed by atoms with van der Waals surface area (Å²) < 4.78 is 6.12. The fourth-order valence-corrected chi connectivity index (χ4v) is 2.60. The van der Waals surface area contributed by atoms with Gasteiger partial charge in [0.15, 0.2) is 0 Å². The molecule has 1 aromatic carbocycles. The number of carboxylic acid groups (broad SMARTS) is 1. The van der Waals surface area contributed by atoms with Crippen LogP contribution in [0.5, 0.6) is 11.5 Å². The first-order valence-corrected chi connectivity index (χ1v) is 6.81. The SMILES string of the molecule is Cc1cc(O)cc2c1O[C@](C)(CC/C=C/C(=O)O)CC2. The van der Waals surface area contributed by atoms with Gasteiger partial charge >= 0.3 is 5.97 Å². The van der Waals surface area contributed by atoms with Crippen LogP contribution in [0.3, 0.4) is 0 Å². The van der Waals surface area contributed by atoms with Crippen molar-refractivity contribution in [3.8, 4) is 11.5 Å². The summed E-state index contributed by atoms with van der Waals surface area (Å²) >= 11 is 0. The fourth-order valence-electron chi connectivity index (χ4n) is 2.60. The first kappa shape index (κ1) is 14.4. The molecule has 108 valence electrons. The number of hydrogen-bond acceptors (Lipinski definition) is 3. The molecule has 0 spiro atoms. The van der Waals surface area contributed by atoms with Crippen molar-refractivity contribution in [1.29, 1.82) is 0 Å². The van der Waals surface area contributed by atoms with Crippen LogP contribution in [-0.2, 0) is 11.2 Å². The Morgan fingerprint density at radius 3 is 2.95 bits per heavy atom. The lowest BCUT2D eigenvalue weighted by molar-refractivity contribution is -0.131. The largest absolute Gasteiger partial charge is 0.508 e. The predicted molar refractivity (Wildman–Crippen MR) is 76.2 cm³/mol. The van der Waals surface area contributed by atoms with E-state index in [1.807, 2.05) is 6.92 Å². The lowest BCUT2D eigenvalue weighted by Gasteiger charge is -2.36. The Balaban J connectivity index is 2.07. The normalized spacial score (nSPS) is 21.5. The number of fused-ring (bicyclic) bond motifs is 1. The molecule has 4 nitrogen and oxygen atoms in total. The molecule has 4 heteroatoms. The zero-order chi connectivity index (χ0) is 14.8. The minimum Gasteiger partial charge on any atom is -0.508 e. The second kappa shape index (κ2) is 5.57. The average molecular weight is 276 g/mol. The second-order valence-electron chi connectivity index (χ2n) is 5.58. The van der Waals surface area contributed by atoms with Gasteiger partial charge in [-0.25, -0.2) is 4.79 Å². The highest BCUT2D eigenvalue weighted by Gasteiger charge is 2.31. The summed E-state index contributed by atoms with van der Waals surface area (Å²) in [6.07, 6.45) is 6.01. The van der Waals surface area contributed by atoms with Gasteiger partial charge in [-0.3, -0.25) is 0 Å². The van der Waals surface area contributed by atoms with E-state index in [1.165, 1.54) is 6.08 Å². The number of phenolic OH excluding ortho intramolecular Hbond substituents is 1. The Morgan fingerprint density at radius 1 is 1.50 bits per heavy atom. The van der Waals surface area contributed by atoms with Crippen LogP contribution in [0.4, 0.5) is 0 Å². The molecule has 2 N–H and O–H groups in total. The lowest BCUT2D eigenvalue weighted by Crippen LogP contribution is -2.36. The first-order valence-electron chi connectivity index (χ1n) is 6.81. The molecule has 1 aromatic rings. The number of carbonyl (C=O) groups is 1. The maximum Gasteiger partial charge on any atom is 0.327 e. The summed E-state index contributed by atoms with van der Waals surface area (Å²) in [6.45, 7) is 3.98. The molecule has 0 saturated carbocycles. The molecule has 0 radical (unpaired) electrons. The number of aryl methyl sites for hydroxylation is 2. The van der Waals surface area contributed by atoms with Crippen LogP contribution in [0, 0.1) is 6.92 Å². The molecule has 0 aromatic heterocycles. The molecule has 0 amide bonds. The van der Waals surface area contributed by atoms with Crippen LogP contribution in [0.1, 0.15) is 37.3 Å². The van der Waals surface area contributed by atoms with Gasteiger partial charge in [0.05, 0.1) is 0 Å². The van der Waals surface area contributed by atoms with Crippen LogP contribution in [0.15, 0.2) is 24.3 Å². The highest BCUT2D eigenvalue weighted by molar-refractivity contribution is 5.79. The van der Waals surface area contributed by atoms with E-state index in [4.69, 9.17) is 9.84 Å². The van der Waals surface area contributed by atoms with Crippen LogP contribution in [0.25, 0.3) is 0 Å². The Bertz CT molecular complexity index is 548. The summed E-state index contributed by atoms with van der Waals surface area (Å²) in [5, 5.41) is 18.2. The van der Waals surface area contributed by atoms with Crippen molar-refractivity contribution in [2.45, 2.75) is 45.1 Å². The molecule has 20 heavy (non-hydrogen) atoms. The molecule has 1 aliphatic heterocycles. The Kier molecular flexibility index (Phi) is 4.02. The maximum atomic E-state index is 10.4. The molecule has 1 aliphatic rings. The van der Waals surface area contributed by atoms with E-state index in [-0.39, 0.29) is 11.4 Å². The molecular weight excluding hydrogens is 256 g/mol. The number of benzene rings is 1. The minimum atomic E-state index is -0.920. The third-order valence-electron chi connectivity index (χ3n) is 3.71. The van der Waals surface area contributed by atoms with Crippen LogP contribution < -0.4 is 4.74 Å². The number of rotatable bonds is 4. The lowest BCUT2D eigenvalue weighted by atomic mass is 9.88. The number of allylic oxidation sites excluding steroid dienone is 1. The minimum absolute atomic E-state index is 0.276. The van der Waals surface area contributed by atoms with Crippen LogP contribution in [-0.4, -0.2) is 21.8 Å². The third-order valence-corrected chi connectivity index (χ3v) is 3.71. The van der Waals surface area contributed by atoms with Crippen molar-refractivity contribution in [3.63, 3.8) is 0 Å². The van der Waals surface area contributed by atoms with E-state index in [0.29, 0.717) is 6.42 Å². The van der Waals surface area contributed by atoms with E-state index in [9.17, 15) is 9.90 Å². The zero-order valence-corrected chi connectivity index (χ0v) is 11.8. The third kappa shape index (κ3) is 3.32. The summed E-state index contributed by atoms with van der Waals surface area (Å²) in [4.78, 5) is 10.4. The first-order chi connectivity index (χ1) is 9.39. The van der Waals surface area contributed by atoms with Gasteiger partial charge in [-0.1, -0.05) is 6.08 Å². The monoisotopic (exact) mass is 276 g/mol. The molecule has 0 fully saturated rings. The number of phenols is 1. The van der Waals surface area contributed by atoms with E-state index >= 15 is 0 Å². The maximum absolute atomic E-state index is 10.4. The van der Waals surface area contributed by atoms with Gasteiger partial charge < -0.3 is 14.9 Å². The molecule has 0 aliphatic carbocycles. The molecule has 1 atom stereocenters. The molecule has 2 rings (SSSR count). The average Bonchev–Trinajstić information content (AvgIpc) is 2.36.